The summed E-state index contributed by atoms with van der Waals surface area (Å²) in [4.78, 5) is 22.4. The highest BCUT2D eigenvalue weighted by Crippen LogP contribution is 2.33. The molecule has 0 spiro atoms. The summed E-state index contributed by atoms with van der Waals surface area (Å²) >= 11 is 0. The molecule has 2 rings (SSSR count). The van der Waals surface area contributed by atoms with Crippen molar-refractivity contribution in [2.45, 2.75) is 65.3 Å². The van der Waals surface area contributed by atoms with Crippen molar-refractivity contribution >= 4 is 11.9 Å². The van der Waals surface area contributed by atoms with Crippen LogP contribution in [0, 0.1) is 11.8 Å². The van der Waals surface area contributed by atoms with Gasteiger partial charge in [0.2, 0.25) is 0 Å². The Morgan fingerprint density at radius 3 is 2.00 bits per heavy atom. The predicted octanol–water partition coefficient (Wildman–Crippen LogP) is 2.83. The molecule has 104 valence electrons. The lowest BCUT2D eigenvalue weighted by molar-refractivity contribution is -0.121. The number of nitrogens with one attached hydrogen (secondary N) is 2. The molecule has 0 radical (unpaired) electrons. The Labute approximate surface area is 110 Å². The molecule has 0 aromatic rings. The van der Waals surface area contributed by atoms with E-state index in [4.69, 9.17) is 0 Å². The molecule has 1 saturated heterocycles. The lowest BCUT2D eigenvalue weighted by Gasteiger charge is -2.30. The molecule has 1 saturated carbocycles. The Kier molecular flexibility index (Phi) is 6.16. The van der Waals surface area contributed by atoms with Crippen LogP contribution in [0.5, 0.6) is 0 Å². The van der Waals surface area contributed by atoms with Crippen LogP contribution < -0.4 is 10.6 Å². The Morgan fingerprint density at radius 1 is 1.06 bits per heavy atom. The van der Waals surface area contributed by atoms with Gasteiger partial charge in [0.25, 0.3) is 5.91 Å². The van der Waals surface area contributed by atoms with Gasteiger partial charge in [0.05, 0.1) is 0 Å². The van der Waals surface area contributed by atoms with Crippen LogP contribution in [0.15, 0.2) is 0 Å². The Morgan fingerprint density at radius 2 is 1.61 bits per heavy atom. The molecule has 1 aliphatic heterocycles. The zero-order chi connectivity index (χ0) is 13.5. The molecule has 2 aliphatic rings. The first-order valence-corrected chi connectivity index (χ1v) is 7.23. The molecule has 4 nitrogen and oxygen atoms in total. The third-order valence-electron chi connectivity index (χ3n) is 3.75. The lowest BCUT2D eigenvalue weighted by Crippen LogP contribution is -2.38. The van der Waals surface area contributed by atoms with Crippen molar-refractivity contribution < 1.29 is 9.59 Å². The molecule has 1 unspecified atom stereocenters. The van der Waals surface area contributed by atoms with E-state index in [0.717, 1.165) is 18.8 Å². The second-order valence-corrected chi connectivity index (χ2v) is 5.34. The Hall–Kier alpha value is -1.06. The fourth-order valence-corrected chi connectivity index (χ4v) is 2.69. The Balaban J connectivity index is 0.000000492. The molecule has 0 aromatic heterocycles. The van der Waals surface area contributed by atoms with E-state index in [2.05, 4.69) is 31.4 Å². The average molecular weight is 254 g/mol. The summed E-state index contributed by atoms with van der Waals surface area (Å²) in [5.74, 6) is 1.03. The zero-order valence-electron chi connectivity index (χ0n) is 11.8. The van der Waals surface area contributed by atoms with E-state index in [9.17, 15) is 9.59 Å². The number of amides is 3. The molecule has 18 heavy (non-hydrogen) atoms. The molecule has 2 N–H and O–H groups in total. The van der Waals surface area contributed by atoms with Crippen molar-refractivity contribution in [3.8, 4) is 0 Å². The number of carbonyl (C=O) groups excluding carboxylic acids is 2. The number of urea groups is 1. The van der Waals surface area contributed by atoms with Gasteiger partial charge in [0.1, 0.15) is 6.04 Å². The highest BCUT2D eigenvalue weighted by Gasteiger charge is 2.37. The first-order chi connectivity index (χ1) is 8.62. The van der Waals surface area contributed by atoms with Gasteiger partial charge in [-0.15, -0.1) is 0 Å². The number of imide groups is 1. The summed E-state index contributed by atoms with van der Waals surface area (Å²) in [6.45, 7) is 6.47. The van der Waals surface area contributed by atoms with Crippen molar-refractivity contribution in [3.05, 3.63) is 0 Å². The molecule has 0 bridgehead atoms. The molecular formula is C14H26N2O2. The van der Waals surface area contributed by atoms with E-state index >= 15 is 0 Å². The standard InChI is InChI=1S/C11H18N2O2.C3H8/c1-2-7-3-5-8(6-4-7)9-10(14)13-11(15)12-9;1-3-2/h7-9H,2-6H2,1H3,(H2,12,13,14,15);3H2,1-2H3. The molecule has 0 aromatic carbocycles. The summed E-state index contributed by atoms with van der Waals surface area (Å²) in [5.41, 5.74) is 0. The van der Waals surface area contributed by atoms with E-state index in [1.165, 1.54) is 25.7 Å². The molecular weight excluding hydrogens is 228 g/mol. The topological polar surface area (TPSA) is 58.2 Å². The van der Waals surface area contributed by atoms with Crippen LogP contribution in [0.3, 0.4) is 0 Å². The van der Waals surface area contributed by atoms with Gasteiger partial charge in [-0.3, -0.25) is 10.1 Å². The summed E-state index contributed by atoms with van der Waals surface area (Å²) in [6.07, 6.45) is 7.01. The van der Waals surface area contributed by atoms with Crippen molar-refractivity contribution in [1.82, 2.24) is 10.6 Å². The first-order valence-electron chi connectivity index (χ1n) is 7.23. The SMILES string of the molecule is CCC.CCC1CCC(C2NC(=O)NC2=O)CC1. The Bertz CT molecular complexity index is 284. The van der Waals surface area contributed by atoms with E-state index < -0.39 is 0 Å². The zero-order valence-corrected chi connectivity index (χ0v) is 11.8. The van der Waals surface area contributed by atoms with Gasteiger partial charge in [-0.2, -0.15) is 0 Å². The van der Waals surface area contributed by atoms with Crippen LogP contribution in [0.1, 0.15) is 59.3 Å². The minimum atomic E-state index is -0.331. The monoisotopic (exact) mass is 254 g/mol. The number of rotatable bonds is 2. The van der Waals surface area contributed by atoms with Crippen LogP contribution in [-0.2, 0) is 4.79 Å². The largest absolute Gasteiger partial charge is 0.326 e. The number of hydrogen-bond donors (Lipinski definition) is 2. The normalized spacial score (nSPS) is 31.2. The van der Waals surface area contributed by atoms with Gasteiger partial charge < -0.3 is 5.32 Å². The number of hydrogen-bond acceptors (Lipinski definition) is 2. The quantitative estimate of drug-likeness (QED) is 0.744. The van der Waals surface area contributed by atoms with Crippen LogP contribution in [0.25, 0.3) is 0 Å². The third-order valence-corrected chi connectivity index (χ3v) is 3.75. The van der Waals surface area contributed by atoms with Crippen LogP contribution in [-0.4, -0.2) is 18.0 Å². The second kappa shape index (κ2) is 7.39. The molecule has 4 heteroatoms. The fraction of sp³-hybridized carbons (Fsp3) is 0.857. The maximum absolute atomic E-state index is 11.4. The van der Waals surface area contributed by atoms with Crippen LogP contribution >= 0.6 is 0 Å². The minimum Gasteiger partial charge on any atom is -0.326 e. The fourth-order valence-electron chi connectivity index (χ4n) is 2.69. The van der Waals surface area contributed by atoms with Crippen molar-refractivity contribution in [2.75, 3.05) is 0 Å². The van der Waals surface area contributed by atoms with Gasteiger partial charge in [-0.25, -0.2) is 4.79 Å². The van der Waals surface area contributed by atoms with Crippen LogP contribution in [0.2, 0.25) is 0 Å². The maximum Gasteiger partial charge on any atom is 0.322 e. The molecule has 3 amide bonds. The number of carbonyl (C=O) groups is 2. The average Bonchev–Trinajstić information content (AvgIpc) is 2.70. The van der Waals surface area contributed by atoms with E-state index in [1.54, 1.807) is 0 Å². The second-order valence-electron chi connectivity index (χ2n) is 5.34. The summed E-state index contributed by atoms with van der Waals surface area (Å²) in [5, 5.41) is 5.01. The first kappa shape index (κ1) is 15.0. The minimum absolute atomic E-state index is 0.139. The highest BCUT2D eigenvalue weighted by molar-refractivity contribution is 6.04. The smallest absolute Gasteiger partial charge is 0.322 e. The molecule has 1 heterocycles. The van der Waals surface area contributed by atoms with Crippen LogP contribution in [0.4, 0.5) is 4.79 Å². The lowest BCUT2D eigenvalue weighted by atomic mass is 9.77. The summed E-state index contributed by atoms with van der Waals surface area (Å²) in [6, 6.07) is -0.599. The third kappa shape index (κ3) is 4.00. The van der Waals surface area contributed by atoms with E-state index in [-0.39, 0.29) is 18.0 Å². The van der Waals surface area contributed by atoms with Crippen molar-refractivity contribution in [3.63, 3.8) is 0 Å². The van der Waals surface area contributed by atoms with Crippen molar-refractivity contribution in [1.29, 1.82) is 0 Å². The molecule has 2 fully saturated rings. The van der Waals surface area contributed by atoms with E-state index in [1.807, 2.05) is 0 Å². The van der Waals surface area contributed by atoms with Gasteiger partial charge in [0, 0.05) is 0 Å². The van der Waals surface area contributed by atoms with Gasteiger partial charge in [-0.1, -0.05) is 46.5 Å². The molecule has 1 aliphatic carbocycles. The predicted molar refractivity (Wildman–Crippen MR) is 72.2 cm³/mol. The highest BCUT2D eigenvalue weighted by atomic mass is 16.2. The summed E-state index contributed by atoms with van der Waals surface area (Å²) in [7, 11) is 0. The van der Waals surface area contributed by atoms with Gasteiger partial charge >= 0.3 is 6.03 Å². The van der Waals surface area contributed by atoms with Gasteiger partial charge in [-0.05, 0) is 24.7 Å². The van der Waals surface area contributed by atoms with E-state index in [0.29, 0.717) is 5.92 Å². The van der Waals surface area contributed by atoms with Crippen molar-refractivity contribution in [2.24, 2.45) is 11.8 Å². The maximum atomic E-state index is 11.4. The summed E-state index contributed by atoms with van der Waals surface area (Å²) < 4.78 is 0. The van der Waals surface area contributed by atoms with Gasteiger partial charge in [0.15, 0.2) is 0 Å². The molecule has 1 atom stereocenters.